The predicted octanol–water partition coefficient (Wildman–Crippen LogP) is 1.93. The van der Waals surface area contributed by atoms with E-state index in [9.17, 15) is 10.1 Å². The van der Waals surface area contributed by atoms with Crippen molar-refractivity contribution in [1.29, 1.82) is 0 Å². The number of aryl methyl sites for hydroxylation is 1. The molecule has 1 N–H and O–H groups in total. The molecule has 1 fully saturated rings. The van der Waals surface area contributed by atoms with Crippen LogP contribution in [0.15, 0.2) is 6.33 Å². The van der Waals surface area contributed by atoms with Crippen molar-refractivity contribution < 1.29 is 4.92 Å². The summed E-state index contributed by atoms with van der Waals surface area (Å²) in [7, 11) is 1.76. The van der Waals surface area contributed by atoms with Crippen molar-refractivity contribution in [2.24, 2.45) is 13.0 Å². The van der Waals surface area contributed by atoms with E-state index in [1.165, 1.54) is 25.6 Å². The largest absolute Gasteiger partial charge is 0.406 e. The third kappa shape index (κ3) is 1.87. The first-order valence-corrected chi connectivity index (χ1v) is 5.52. The van der Waals surface area contributed by atoms with Crippen LogP contribution in [0, 0.1) is 16.0 Å². The number of hydrogen-bond acceptors (Lipinski definition) is 4. The van der Waals surface area contributed by atoms with Gasteiger partial charge in [0.25, 0.3) is 0 Å². The maximum Gasteiger partial charge on any atom is 0.406 e. The lowest BCUT2D eigenvalue weighted by atomic mass is 9.80. The quantitative estimate of drug-likeness (QED) is 0.626. The highest BCUT2D eigenvalue weighted by atomic mass is 16.6. The predicted molar refractivity (Wildman–Crippen MR) is 60.3 cm³/mol. The average Bonchev–Trinajstić information content (AvgIpc) is 2.45. The summed E-state index contributed by atoms with van der Waals surface area (Å²) in [5.74, 6) is 1.05. The molecule has 0 aromatic carbocycles. The van der Waals surface area contributed by atoms with Crippen LogP contribution in [0.2, 0.25) is 0 Å². The average molecular weight is 224 g/mol. The lowest BCUT2D eigenvalue weighted by Gasteiger charge is -2.32. The van der Waals surface area contributed by atoms with Gasteiger partial charge in [0.2, 0.25) is 12.1 Å². The first-order valence-electron chi connectivity index (χ1n) is 5.52. The maximum absolute atomic E-state index is 10.8. The van der Waals surface area contributed by atoms with E-state index in [1.807, 2.05) is 0 Å². The first-order chi connectivity index (χ1) is 7.59. The van der Waals surface area contributed by atoms with Crippen LogP contribution in [0.25, 0.3) is 0 Å². The number of nitrogens with one attached hydrogen (secondary N) is 1. The van der Waals surface area contributed by atoms with Gasteiger partial charge in [-0.2, -0.15) is 0 Å². The van der Waals surface area contributed by atoms with Gasteiger partial charge in [0.15, 0.2) is 0 Å². The second-order valence-corrected chi connectivity index (χ2v) is 4.41. The van der Waals surface area contributed by atoms with Gasteiger partial charge in [-0.25, -0.2) is 0 Å². The van der Waals surface area contributed by atoms with E-state index in [4.69, 9.17) is 0 Å². The number of anilines is 1. The standard InChI is InChI=1S/C10H16N4O2/c1-7(8-4-3-5-8)12-10-9(14(15)16)11-6-13(10)2/h6-8,12H,3-5H2,1-2H3. The molecule has 0 radical (unpaired) electrons. The molecule has 6 heteroatoms. The Bertz CT molecular complexity index is 398. The van der Waals surface area contributed by atoms with Crippen molar-refractivity contribution in [2.75, 3.05) is 5.32 Å². The van der Waals surface area contributed by atoms with Gasteiger partial charge < -0.3 is 15.4 Å². The molecule has 1 aliphatic rings. The van der Waals surface area contributed by atoms with Gasteiger partial charge in [-0.3, -0.25) is 4.57 Å². The third-order valence-electron chi connectivity index (χ3n) is 3.31. The normalized spacial score (nSPS) is 17.9. The molecular formula is C10H16N4O2. The van der Waals surface area contributed by atoms with Gasteiger partial charge in [-0.1, -0.05) is 6.42 Å². The van der Waals surface area contributed by atoms with Crippen LogP contribution >= 0.6 is 0 Å². The maximum atomic E-state index is 10.8. The first kappa shape index (κ1) is 10.9. The fraction of sp³-hybridized carbons (Fsp3) is 0.700. The minimum atomic E-state index is -0.449. The molecule has 88 valence electrons. The van der Waals surface area contributed by atoms with Gasteiger partial charge in [0, 0.05) is 13.1 Å². The van der Waals surface area contributed by atoms with Crippen molar-refractivity contribution in [3.63, 3.8) is 0 Å². The van der Waals surface area contributed by atoms with Crippen LogP contribution < -0.4 is 5.32 Å². The number of hydrogen-bond donors (Lipinski definition) is 1. The molecule has 0 aliphatic heterocycles. The summed E-state index contributed by atoms with van der Waals surface area (Å²) >= 11 is 0. The Balaban J connectivity index is 2.12. The van der Waals surface area contributed by atoms with Gasteiger partial charge in [0.1, 0.15) is 0 Å². The smallest absolute Gasteiger partial charge is 0.362 e. The fourth-order valence-corrected chi connectivity index (χ4v) is 1.99. The van der Waals surface area contributed by atoms with E-state index in [1.54, 1.807) is 11.6 Å². The van der Waals surface area contributed by atoms with Gasteiger partial charge in [0.05, 0.1) is 0 Å². The summed E-state index contributed by atoms with van der Waals surface area (Å²) in [5, 5.41) is 14.0. The Morgan fingerprint density at radius 2 is 2.38 bits per heavy atom. The van der Waals surface area contributed by atoms with Gasteiger partial charge >= 0.3 is 5.82 Å². The van der Waals surface area contributed by atoms with E-state index < -0.39 is 4.92 Å². The SMILES string of the molecule is CC(Nc1c([N+](=O)[O-])ncn1C)C1CCC1. The second kappa shape index (κ2) is 4.11. The molecule has 0 bridgehead atoms. The monoisotopic (exact) mass is 224 g/mol. The lowest BCUT2D eigenvalue weighted by Crippen LogP contribution is -2.31. The number of aromatic nitrogens is 2. The Morgan fingerprint density at radius 1 is 1.69 bits per heavy atom. The lowest BCUT2D eigenvalue weighted by molar-refractivity contribution is -0.388. The summed E-state index contributed by atoms with van der Waals surface area (Å²) in [4.78, 5) is 14.1. The zero-order valence-corrected chi connectivity index (χ0v) is 9.51. The summed E-state index contributed by atoms with van der Waals surface area (Å²) < 4.78 is 1.66. The highest BCUT2D eigenvalue weighted by Gasteiger charge is 2.27. The van der Waals surface area contributed by atoms with Gasteiger partial charge in [-0.05, 0) is 35.6 Å². The summed E-state index contributed by atoms with van der Waals surface area (Å²) in [6, 6.07) is 0.267. The van der Waals surface area contributed by atoms with Crippen molar-refractivity contribution in [1.82, 2.24) is 9.55 Å². The molecule has 1 unspecified atom stereocenters. The van der Waals surface area contributed by atoms with E-state index in [2.05, 4.69) is 17.2 Å². The van der Waals surface area contributed by atoms with Crippen molar-refractivity contribution in [3.05, 3.63) is 16.4 Å². The number of rotatable bonds is 4. The second-order valence-electron chi connectivity index (χ2n) is 4.41. The van der Waals surface area contributed by atoms with Crippen molar-refractivity contribution >= 4 is 11.6 Å². The number of imidazole rings is 1. The fourth-order valence-electron chi connectivity index (χ4n) is 1.99. The Morgan fingerprint density at radius 3 is 2.88 bits per heavy atom. The molecule has 1 aromatic rings. The van der Waals surface area contributed by atoms with E-state index in [0.29, 0.717) is 11.7 Å². The molecule has 1 atom stereocenters. The number of nitro groups is 1. The van der Waals surface area contributed by atoms with Crippen LogP contribution in [-0.2, 0) is 7.05 Å². The summed E-state index contributed by atoms with van der Waals surface area (Å²) in [5.41, 5.74) is 0. The molecule has 0 saturated heterocycles. The molecule has 16 heavy (non-hydrogen) atoms. The topological polar surface area (TPSA) is 73.0 Å². The molecular weight excluding hydrogens is 208 g/mol. The van der Waals surface area contributed by atoms with E-state index >= 15 is 0 Å². The molecule has 1 aliphatic carbocycles. The number of nitrogens with zero attached hydrogens (tertiary/aromatic N) is 3. The summed E-state index contributed by atoms with van der Waals surface area (Å²) in [6.45, 7) is 2.07. The van der Waals surface area contributed by atoms with E-state index in [-0.39, 0.29) is 11.9 Å². The zero-order valence-electron chi connectivity index (χ0n) is 9.51. The zero-order chi connectivity index (χ0) is 11.7. The van der Waals surface area contributed by atoms with Crippen molar-refractivity contribution in [2.45, 2.75) is 32.2 Å². The minimum absolute atomic E-state index is 0.0892. The van der Waals surface area contributed by atoms with Crippen LogP contribution in [0.5, 0.6) is 0 Å². The Hall–Kier alpha value is -1.59. The molecule has 1 aromatic heterocycles. The van der Waals surface area contributed by atoms with Crippen LogP contribution in [-0.4, -0.2) is 20.5 Å². The Labute approximate surface area is 93.8 Å². The molecule has 2 rings (SSSR count). The molecule has 0 amide bonds. The molecule has 6 nitrogen and oxygen atoms in total. The van der Waals surface area contributed by atoms with Crippen LogP contribution in [0.3, 0.4) is 0 Å². The highest BCUT2D eigenvalue weighted by molar-refractivity contribution is 5.52. The highest BCUT2D eigenvalue weighted by Crippen LogP contribution is 2.32. The molecule has 1 saturated carbocycles. The Kier molecular flexibility index (Phi) is 2.80. The molecule has 1 heterocycles. The summed E-state index contributed by atoms with van der Waals surface area (Å²) in [6.07, 6.45) is 5.15. The molecule has 0 spiro atoms. The third-order valence-corrected chi connectivity index (χ3v) is 3.31. The minimum Gasteiger partial charge on any atom is -0.362 e. The van der Waals surface area contributed by atoms with Gasteiger partial charge in [-0.15, -0.1) is 0 Å². The van der Waals surface area contributed by atoms with Crippen LogP contribution in [0.1, 0.15) is 26.2 Å². The van der Waals surface area contributed by atoms with Crippen LogP contribution in [0.4, 0.5) is 11.6 Å². The van der Waals surface area contributed by atoms with E-state index in [0.717, 1.165) is 0 Å². The van der Waals surface area contributed by atoms with Crippen molar-refractivity contribution in [3.8, 4) is 0 Å².